The fraction of sp³-hybridized carbons (Fsp3) is 0.750. The summed E-state index contributed by atoms with van der Waals surface area (Å²) in [5, 5.41) is 8.23. The molecule has 1 saturated heterocycles. The Labute approximate surface area is 107 Å². The maximum atomic E-state index is 10.8. The second kappa shape index (κ2) is 6.61. The molecule has 0 N–H and O–H groups in total. The summed E-state index contributed by atoms with van der Waals surface area (Å²) in [6.45, 7) is 6.71. The molecule has 0 spiro atoms. The van der Waals surface area contributed by atoms with Crippen molar-refractivity contribution in [1.29, 1.82) is 0 Å². The summed E-state index contributed by atoms with van der Waals surface area (Å²) in [6.07, 6.45) is 3.41. The van der Waals surface area contributed by atoms with E-state index in [9.17, 15) is 4.79 Å². The van der Waals surface area contributed by atoms with Crippen LogP contribution in [-0.4, -0.2) is 52.0 Å². The van der Waals surface area contributed by atoms with Gasteiger partial charge in [-0.05, 0) is 13.3 Å². The number of Topliss-reactive ketones (excluding diaryl/α,β-unsaturated/α-hetero) is 1. The molecule has 0 amide bonds. The fourth-order valence-corrected chi connectivity index (χ4v) is 2.00. The Morgan fingerprint density at radius 1 is 1.44 bits per heavy atom. The van der Waals surface area contributed by atoms with E-state index in [1.807, 2.05) is 10.9 Å². The van der Waals surface area contributed by atoms with Crippen molar-refractivity contribution in [3.63, 3.8) is 0 Å². The molecular formula is C12H20N4O2. The number of carbonyl (C=O) groups excluding carboxylic acids is 1. The molecule has 2 rings (SSSR count). The number of ketones is 1. The maximum Gasteiger partial charge on any atom is 0.129 e. The number of aromatic nitrogens is 3. The van der Waals surface area contributed by atoms with Crippen LogP contribution in [0.15, 0.2) is 6.20 Å². The number of hydrogen-bond donors (Lipinski definition) is 0. The van der Waals surface area contributed by atoms with Gasteiger partial charge in [-0.1, -0.05) is 5.21 Å². The normalized spacial score (nSPS) is 16.9. The average molecular weight is 252 g/mol. The summed E-state index contributed by atoms with van der Waals surface area (Å²) in [7, 11) is 0. The molecule has 0 aliphatic carbocycles. The first-order valence-electron chi connectivity index (χ1n) is 6.42. The van der Waals surface area contributed by atoms with E-state index in [4.69, 9.17) is 4.74 Å². The Kier molecular flexibility index (Phi) is 4.83. The van der Waals surface area contributed by atoms with Crippen molar-refractivity contribution < 1.29 is 9.53 Å². The van der Waals surface area contributed by atoms with Gasteiger partial charge in [0.2, 0.25) is 0 Å². The highest BCUT2D eigenvalue weighted by Crippen LogP contribution is 2.04. The van der Waals surface area contributed by atoms with Gasteiger partial charge >= 0.3 is 0 Å². The van der Waals surface area contributed by atoms with Gasteiger partial charge in [0.05, 0.1) is 18.9 Å². The number of ether oxygens (including phenoxy) is 1. The largest absolute Gasteiger partial charge is 0.379 e. The molecule has 1 aliphatic rings. The molecule has 100 valence electrons. The van der Waals surface area contributed by atoms with Crippen LogP contribution in [0.5, 0.6) is 0 Å². The standard InChI is InChI=1S/C12H20N4O2/c1-11(17)3-2-4-16-10-12(13-14-16)9-15-5-7-18-8-6-15/h10H,2-9H2,1H3. The van der Waals surface area contributed by atoms with Crippen LogP contribution in [0.25, 0.3) is 0 Å². The van der Waals surface area contributed by atoms with Gasteiger partial charge in [-0.25, -0.2) is 0 Å². The number of carbonyl (C=O) groups is 1. The number of aryl methyl sites for hydroxylation is 1. The van der Waals surface area contributed by atoms with Crippen LogP contribution in [0, 0.1) is 0 Å². The molecular weight excluding hydrogens is 232 g/mol. The third-order valence-electron chi connectivity index (χ3n) is 2.99. The van der Waals surface area contributed by atoms with Crippen molar-refractivity contribution in [1.82, 2.24) is 19.9 Å². The number of hydrogen-bond acceptors (Lipinski definition) is 5. The molecule has 6 nitrogen and oxygen atoms in total. The van der Waals surface area contributed by atoms with Gasteiger partial charge in [-0.15, -0.1) is 5.10 Å². The summed E-state index contributed by atoms with van der Waals surface area (Å²) in [4.78, 5) is 13.2. The zero-order valence-electron chi connectivity index (χ0n) is 10.8. The van der Waals surface area contributed by atoms with Gasteiger partial charge in [0, 0.05) is 38.8 Å². The predicted octanol–water partition coefficient (Wildman–Crippen LogP) is 0.479. The molecule has 2 heterocycles. The van der Waals surface area contributed by atoms with Crippen LogP contribution in [0.1, 0.15) is 25.5 Å². The van der Waals surface area contributed by atoms with Crippen LogP contribution in [-0.2, 0) is 22.6 Å². The Bertz CT molecular complexity index is 385. The maximum absolute atomic E-state index is 10.8. The lowest BCUT2D eigenvalue weighted by Crippen LogP contribution is -2.35. The van der Waals surface area contributed by atoms with Crippen LogP contribution < -0.4 is 0 Å². The molecule has 0 aromatic carbocycles. The highest BCUT2D eigenvalue weighted by molar-refractivity contribution is 5.75. The highest BCUT2D eigenvalue weighted by atomic mass is 16.5. The lowest BCUT2D eigenvalue weighted by atomic mass is 10.2. The second-order valence-corrected chi connectivity index (χ2v) is 4.67. The molecule has 0 radical (unpaired) electrons. The second-order valence-electron chi connectivity index (χ2n) is 4.67. The minimum atomic E-state index is 0.226. The van der Waals surface area contributed by atoms with E-state index in [2.05, 4.69) is 15.2 Å². The van der Waals surface area contributed by atoms with Gasteiger partial charge in [0.15, 0.2) is 0 Å². The molecule has 1 aromatic rings. The summed E-state index contributed by atoms with van der Waals surface area (Å²) in [5.74, 6) is 0.226. The van der Waals surface area contributed by atoms with Crippen molar-refractivity contribution in [2.24, 2.45) is 0 Å². The molecule has 0 unspecified atom stereocenters. The fourth-order valence-electron chi connectivity index (χ4n) is 2.00. The van der Waals surface area contributed by atoms with Crippen LogP contribution >= 0.6 is 0 Å². The van der Waals surface area contributed by atoms with Crippen molar-refractivity contribution >= 4 is 5.78 Å². The highest BCUT2D eigenvalue weighted by Gasteiger charge is 2.12. The van der Waals surface area contributed by atoms with Gasteiger partial charge in [0.1, 0.15) is 5.78 Å². The van der Waals surface area contributed by atoms with Crippen molar-refractivity contribution in [3.8, 4) is 0 Å². The smallest absolute Gasteiger partial charge is 0.129 e. The van der Waals surface area contributed by atoms with Crippen molar-refractivity contribution in [2.75, 3.05) is 26.3 Å². The first-order chi connectivity index (χ1) is 8.74. The number of nitrogens with zero attached hydrogens (tertiary/aromatic N) is 4. The minimum Gasteiger partial charge on any atom is -0.379 e. The van der Waals surface area contributed by atoms with E-state index in [-0.39, 0.29) is 5.78 Å². The quantitative estimate of drug-likeness (QED) is 0.737. The Morgan fingerprint density at radius 3 is 2.94 bits per heavy atom. The van der Waals surface area contributed by atoms with E-state index in [0.717, 1.165) is 51.5 Å². The Morgan fingerprint density at radius 2 is 2.22 bits per heavy atom. The zero-order valence-corrected chi connectivity index (χ0v) is 10.8. The van der Waals surface area contributed by atoms with Crippen LogP contribution in [0.3, 0.4) is 0 Å². The molecule has 1 aliphatic heterocycles. The monoisotopic (exact) mass is 252 g/mol. The third-order valence-corrected chi connectivity index (χ3v) is 2.99. The topological polar surface area (TPSA) is 60.2 Å². The molecule has 1 fully saturated rings. The Hall–Kier alpha value is -1.27. The first-order valence-corrected chi connectivity index (χ1v) is 6.42. The molecule has 6 heteroatoms. The lowest BCUT2D eigenvalue weighted by molar-refractivity contribution is -0.117. The van der Waals surface area contributed by atoms with Gasteiger partial charge in [-0.2, -0.15) is 0 Å². The van der Waals surface area contributed by atoms with E-state index in [1.54, 1.807) is 6.92 Å². The molecule has 0 atom stereocenters. The Balaban J connectivity index is 1.76. The van der Waals surface area contributed by atoms with Crippen LogP contribution in [0.4, 0.5) is 0 Å². The predicted molar refractivity (Wildman–Crippen MR) is 66.0 cm³/mol. The number of rotatable bonds is 6. The van der Waals surface area contributed by atoms with Gasteiger partial charge < -0.3 is 9.53 Å². The SMILES string of the molecule is CC(=O)CCCn1cc(CN2CCOCC2)nn1. The van der Waals surface area contributed by atoms with Crippen molar-refractivity contribution in [2.45, 2.75) is 32.9 Å². The van der Waals surface area contributed by atoms with Gasteiger partial charge in [-0.3, -0.25) is 9.58 Å². The molecule has 0 bridgehead atoms. The third kappa shape index (κ3) is 4.19. The first kappa shape index (κ1) is 13.2. The van der Waals surface area contributed by atoms with Gasteiger partial charge in [0.25, 0.3) is 0 Å². The molecule has 1 aromatic heterocycles. The van der Waals surface area contributed by atoms with E-state index in [1.165, 1.54) is 0 Å². The average Bonchev–Trinajstić information content (AvgIpc) is 2.78. The summed E-state index contributed by atoms with van der Waals surface area (Å²) in [6, 6.07) is 0. The van der Waals surface area contributed by atoms with E-state index < -0.39 is 0 Å². The summed E-state index contributed by atoms with van der Waals surface area (Å²) in [5.41, 5.74) is 0.986. The van der Waals surface area contributed by atoms with Crippen molar-refractivity contribution in [3.05, 3.63) is 11.9 Å². The minimum absolute atomic E-state index is 0.226. The summed E-state index contributed by atoms with van der Waals surface area (Å²) >= 11 is 0. The zero-order chi connectivity index (χ0) is 12.8. The number of morpholine rings is 1. The summed E-state index contributed by atoms with van der Waals surface area (Å²) < 4.78 is 7.12. The lowest BCUT2D eigenvalue weighted by Gasteiger charge is -2.25. The molecule has 0 saturated carbocycles. The van der Waals surface area contributed by atoms with E-state index >= 15 is 0 Å². The molecule has 18 heavy (non-hydrogen) atoms. The van der Waals surface area contributed by atoms with E-state index in [0.29, 0.717) is 6.42 Å². The van der Waals surface area contributed by atoms with Crippen LogP contribution in [0.2, 0.25) is 0 Å².